The van der Waals surface area contributed by atoms with Crippen LogP contribution in [0.3, 0.4) is 0 Å². The number of benzene rings is 1. The molecule has 0 N–H and O–H groups in total. The molecule has 0 saturated carbocycles. The van der Waals surface area contributed by atoms with Gasteiger partial charge in [0.25, 0.3) is 0 Å². The molecule has 0 bridgehead atoms. The average molecular weight is 115 g/mol. The van der Waals surface area contributed by atoms with Gasteiger partial charge in [-0.25, -0.2) is 5.11 Å². The average Bonchev–Trinajstić information content (AvgIpc) is 1.90. The third-order valence-electron chi connectivity index (χ3n) is 1.01. The second kappa shape index (κ2) is 4.64. The van der Waals surface area contributed by atoms with Crippen LogP contribution in [0.1, 0.15) is 5.56 Å². The van der Waals surface area contributed by atoms with Crippen molar-refractivity contribution in [3.63, 3.8) is 0 Å². The monoisotopic (exact) mass is 115 g/mol. The predicted octanol–water partition coefficient (Wildman–Crippen LogP) is 0.969. The van der Waals surface area contributed by atoms with Crippen LogP contribution in [0.5, 0.6) is 0 Å². The molecule has 0 heterocycles. The van der Waals surface area contributed by atoms with Gasteiger partial charge in [-0.05, 0) is 5.56 Å². The van der Waals surface area contributed by atoms with E-state index in [9.17, 15) is 5.11 Å². The van der Waals surface area contributed by atoms with Crippen molar-refractivity contribution < 1.29 is 5.11 Å². The fraction of sp³-hybridized carbons (Fsp3) is 0.143. The Morgan fingerprint density at radius 2 is 1.67 bits per heavy atom. The Hall–Kier alpha value is -0.223. The van der Waals surface area contributed by atoms with E-state index in [-0.39, 0.29) is 25.5 Å². The SMILES string of the molecule is [LiH].[O]Cc1ccccc1. The number of hydrogen-bond acceptors (Lipinski definition) is 0. The summed E-state index contributed by atoms with van der Waals surface area (Å²) < 4.78 is 0. The van der Waals surface area contributed by atoms with Crippen LogP contribution in [0.15, 0.2) is 30.3 Å². The molecule has 0 unspecified atom stereocenters. The van der Waals surface area contributed by atoms with Gasteiger partial charge in [-0.2, -0.15) is 0 Å². The summed E-state index contributed by atoms with van der Waals surface area (Å²) in [5, 5.41) is 10.1. The van der Waals surface area contributed by atoms with Gasteiger partial charge >= 0.3 is 18.9 Å². The first-order chi connectivity index (χ1) is 3.93. The van der Waals surface area contributed by atoms with Crippen LogP contribution in [-0.2, 0) is 11.7 Å². The molecule has 9 heavy (non-hydrogen) atoms. The van der Waals surface area contributed by atoms with E-state index in [1.807, 2.05) is 30.3 Å². The molecule has 0 aliphatic carbocycles. The summed E-state index contributed by atoms with van der Waals surface area (Å²) in [7, 11) is 0. The van der Waals surface area contributed by atoms with Crippen molar-refractivity contribution in [2.75, 3.05) is 0 Å². The molecule has 1 radical (unpaired) electrons. The second-order valence-corrected chi connectivity index (χ2v) is 1.63. The van der Waals surface area contributed by atoms with Crippen LogP contribution in [0.4, 0.5) is 0 Å². The molecule has 0 fully saturated rings. The molecule has 1 aromatic carbocycles. The van der Waals surface area contributed by atoms with Crippen LogP contribution in [0.2, 0.25) is 0 Å². The Bertz CT molecular complexity index is 150. The van der Waals surface area contributed by atoms with E-state index in [4.69, 9.17) is 0 Å². The van der Waals surface area contributed by atoms with Gasteiger partial charge in [0.15, 0.2) is 0 Å². The summed E-state index contributed by atoms with van der Waals surface area (Å²) in [5.41, 5.74) is 0.854. The van der Waals surface area contributed by atoms with E-state index in [1.165, 1.54) is 0 Å². The molecule has 1 nitrogen and oxygen atoms in total. The van der Waals surface area contributed by atoms with E-state index in [2.05, 4.69) is 0 Å². The van der Waals surface area contributed by atoms with Gasteiger partial charge in [0.1, 0.15) is 6.61 Å². The fourth-order valence-electron chi connectivity index (χ4n) is 0.574. The first-order valence-corrected chi connectivity index (χ1v) is 2.55. The van der Waals surface area contributed by atoms with Crippen molar-refractivity contribution in [3.05, 3.63) is 35.9 Å². The van der Waals surface area contributed by atoms with Gasteiger partial charge < -0.3 is 0 Å². The number of rotatable bonds is 1. The van der Waals surface area contributed by atoms with Crippen molar-refractivity contribution in [1.82, 2.24) is 0 Å². The Morgan fingerprint density at radius 3 is 2.00 bits per heavy atom. The predicted molar refractivity (Wildman–Crippen MR) is 38.0 cm³/mol. The van der Waals surface area contributed by atoms with E-state index in [1.54, 1.807) is 0 Å². The van der Waals surface area contributed by atoms with Gasteiger partial charge in [0.05, 0.1) is 0 Å². The molecule has 0 aliphatic rings. The van der Waals surface area contributed by atoms with Gasteiger partial charge in [-0.15, -0.1) is 0 Å². The summed E-state index contributed by atoms with van der Waals surface area (Å²) in [4.78, 5) is 0. The Kier molecular flexibility index (Phi) is 4.52. The molecule has 0 saturated heterocycles. The smallest absolute Gasteiger partial charge is 0.107 e. The van der Waals surface area contributed by atoms with Crippen molar-refractivity contribution >= 4 is 18.9 Å². The molecular weight excluding hydrogens is 107 g/mol. The van der Waals surface area contributed by atoms with E-state index < -0.39 is 0 Å². The molecule has 1 rings (SSSR count). The normalized spacial score (nSPS) is 8.11. The largest absolute Gasteiger partial charge is 0.232 e. The van der Waals surface area contributed by atoms with Gasteiger partial charge in [-0.1, -0.05) is 30.3 Å². The standard InChI is InChI=1S/C7H7O.Li.H/c8-6-7-4-2-1-3-5-7;;/h1-5H,6H2;;. The molecule has 43 valence electrons. The maximum absolute atomic E-state index is 10.1. The maximum atomic E-state index is 10.1. The Morgan fingerprint density at radius 1 is 1.11 bits per heavy atom. The van der Waals surface area contributed by atoms with Crippen LogP contribution in [0, 0.1) is 0 Å². The summed E-state index contributed by atoms with van der Waals surface area (Å²) in [6.07, 6.45) is 0. The number of hydrogen-bond donors (Lipinski definition) is 0. The third-order valence-corrected chi connectivity index (χ3v) is 1.01. The minimum atomic E-state index is -0.110. The van der Waals surface area contributed by atoms with Crippen molar-refractivity contribution in [1.29, 1.82) is 0 Å². The zero-order valence-electron chi connectivity index (χ0n) is 4.50. The van der Waals surface area contributed by atoms with Crippen molar-refractivity contribution in [2.24, 2.45) is 0 Å². The molecular formula is C7H8LiO. The molecule has 0 amide bonds. The topological polar surface area (TPSA) is 19.9 Å². The first-order valence-electron chi connectivity index (χ1n) is 2.55. The second-order valence-electron chi connectivity index (χ2n) is 1.63. The zero-order chi connectivity index (χ0) is 5.82. The van der Waals surface area contributed by atoms with Crippen LogP contribution in [0.25, 0.3) is 0 Å². The summed E-state index contributed by atoms with van der Waals surface area (Å²) in [6, 6.07) is 9.29. The summed E-state index contributed by atoms with van der Waals surface area (Å²) >= 11 is 0. The molecule has 0 spiro atoms. The maximum Gasteiger partial charge on any atom is 0.107 e. The van der Waals surface area contributed by atoms with Crippen LogP contribution in [-0.4, -0.2) is 18.9 Å². The quantitative estimate of drug-likeness (QED) is 0.486. The minimum absolute atomic E-state index is 0. The molecule has 0 aliphatic heterocycles. The van der Waals surface area contributed by atoms with Gasteiger partial charge in [0.2, 0.25) is 0 Å². The van der Waals surface area contributed by atoms with Gasteiger partial charge in [-0.3, -0.25) is 0 Å². The zero-order valence-corrected chi connectivity index (χ0v) is 4.50. The molecule has 2 heteroatoms. The summed E-state index contributed by atoms with van der Waals surface area (Å²) in [6.45, 7) is -0.110. The Balaban J connectivity index is 0.000000640. The molecule has 0 aromatic heterocycles. The van der Waals surface area contributed by atoms with E-state index in [0.717, 1.165) is 5.56 Å². The fourth-order valence-corrected chi connectivity index (χ4v) is 0.574. The third kappa shape index (κ3) is 2.72. The summed E-state index contributed by atoms with van der Waals surface area (Å²) in [5.74, 6) is 0. The van der Waals surface area contributed by atoms with Crippen molar-refractivity contribution in [2.45, 2.75) is 6.61 Å². The van der Waals surface area contributed by atoms with E-state index >= 15 is 0 Å². The van der Waals surface area contributed by atoms with Crippen molar-refractivity contribution in [3.8, 4) is 0 Å². The Labute approximate surface area is 66.9 Å². The van der Waals surface area contributed by atoms with E-state index in [0.29, 0.717) is 0 Å². The van der Waals surface area contributed by atoms with Crippen LogP contribution >= 0.6 is 0 Å². The van der Waals surface area contributed by atoms with Gasteiger partial charge in [0, 0.05) is 0 Å². The molecule has 1 aromatic rings. The minimum Gasteiger partial charge on any atom is -0.232 e. The first kappa shape index (κ1) is 8.78. The van der Waals surface area contributed by atoms with Crippen LogP contribution < -0.4 is 0 Å². The molecule has 0 atom stereocenters.